The molecule has 0 saturated carbocycles. The Bertz CT molecular complexity index is 889. The molecule has 24 heavy (non-hydrogen) atoms. The Hall–Kier alpha value is -3.15. The third-order valence-electron chi connectivity index (χ3n) is 4.09. The molecule has 6 heteroatoms. The Morgan fingerprint density at radius 2 is 2.08 bits per heavy atom. The number of amides is 1. The molecule has 6 nitrogen and oxygen atoms in total. The predicted molar refractivity (Wildman–Crippen MR) is 88.5 cm³/mol. The number of ether oxygens (including phenoxy) is 1. The van der Waals surface area contributed by atoms with Gasteiger partial charge in [-0.1, -0.05) is 18.2 Å². The summed E-state index contributed by atoms with van der Waals surface area (Å²) in [5.74, 6) is 0.565. The average Bonchev–Trinajstić information content (AvgIpc) is 3.07. The fraction of sp³-hybridized carbons (Fsp3) is 0.167. The second-order valence-corrected chi connectivity index (χ2v) is 5.66. The first-order chi connectivity index (χ1) is 11.7. The van der Waals surface area contributed by atoms with Crippen molar-refractivity contribution < 1.29 is 9.53 Å². The van der Waals surface area contributed by atoms with Crippen LogP contribution in [0.25, 0.3) is 11.3 Å². The number of para-hydroxylation sites is 1. The largest absolute Gasteiger partial charge is 0.488 e. The number of nitrogens with zero attached hydrogens (tertiary/aromatic N) is 2. The molecule has 1 aliphatic heterocycles. The van der Waals surface area contributed by atoms with Crippen molar-refractivity contribution in [3.05, 3.63) is 65.6 Å². The van der Waals surface area contributed by atoms with Crippen LogP contribution in [0.2, 0.25) is 0 Å². The summed E-state index contributed by atoms with van der Waals surface area (Å²) < 4.78 is 5.74. The molecule has 0 fully saturated rings. The van der Waals surface area contributed by atoms with E-state index in [-0.39, 0.29) is 11.9 Å². The maximum Gasteiger partial charge on any atom is 0.270 e. The Balaban J connectivity index is 1.60. The molecule has 0 radical (unpaired) electrons. The van der Waals surface area contributed by atoms with Gasteiger partial charge in [-0.15, -0.1) is 0 Å². The van der Waals surface area contributed by atoms with Gasteiger partial charge in [-0.05, 0) is 31.2 Å². The van der Waals surface area contributed by atoms with Crippen LogP contribution < -0.4 is 10.1 Å². The van der Waals surface area contributed by atoms with Crippen molar-refractivity contribution in [1.29, 1.82) is 0 Å². The maximum atomic E-state index is 12.6. The molecule has 1 atom stereocenters. The Labute approximate surface area is 138 Å². The lowest BCUT2D eigenvalue weighted by atomic mass is 10.0. The summed E-state index contributed by atoms with van der Waals surface area (Å²) >= 11 is 0. The molecule has 0 saturated heterocycles. The molecule has 0 unspecified atom stereocenters. The number of rotatable bonds is 3. The van der Waals surface area contributed by atoms with Gasteiger partial charge in [0.05, 0.1) is 11.7 Å². The smallest absolute Gasteiger partial charge is 0.270 e. The fourth-order valence-corrected chi connectivity index (χ4v) is 2.83. The van der Waals surface area contributed by atoms with Crippen LogP contribution in [-0.4, -0.2) is 21.1 Å². The number of carbonyl (C=O) groups is 1. The highest BCUT2D eigenvalue weighted by Gasteiger charge is 2.26. The van der Waals surface area contributed by atoms with Crippen molar-refractivity contribution in [3.63, 3.8) is 0 Å². The number of aromatic amines is 1. The average molecular weight is 320 g/mol. The Kier molecular flexibility index (Phi) is 3.49. The topological polar surface area (TPSA) is 79.9 Å². The minimum Gasteiger partial charge on any atom is -0.488 e. The molecule has 1 amide bonds. The number of fused-ring (bicyclic) bond motifs is 3. The van der Waals surface area contributed by atoms with Crippen LogP contribution in [0.4, 0.5) is 0 Å². The number of hydrogen-bond acceptors (Lipinski definition) is 4. The minimum atomic E-state index is -0.218. The molecule has 120 valence electrons. The number of aromatic nitrogens is 3. The molecule has 0 aliphatic carbocycles. The summed E-state index contributed by atoms with van der Waals surface area (Å²) in [5.41, 5.74) is 3.68. The number of hydrogen-bond donors (Lipinski definition) is 2. The minimum absolute atomic E-state index is 0.200. The highest BCUT2D eigenvalue weighted by atomic mass is 16.5. The first kappa shape index (κ1) is 14.4. The van der Waals surface area contributed by atoms with Crippen molar-refractivity contribution in [1.82, 2.24) is 20.5 Å². The monoisotopic (exact) mass is 320 g/mol. The van der Waals surface area contributed by atoms with E-state index in [9.17, 15) is 4.79 Å². The van der Waals surface area contributed by atoms with Crippen LogP contribution in [0.3, 0.4) is 0 Å². The highest BCUT2D eigenvalue weighted by molar-refractivity contribution is 5.96. The second-order valence-electron chi connectivity index (χ2n) is 5.66. The molecule has 2 N–H and O–H groups in total. The van der Waals surface area contributed by atoms with Gasteiger partial charge >= 0.3 is 0 Å². The van der Waals surface area contributed by atoms with Crippen LogP contribution in [0, 0.1) is 0 Å². The maximum absolute atomic E-state index is 12.6. The van der Waals surface area contributed by atoms with Gasteiger partial charge in [0.2, 0.25) is 0 Å². The number of carbonyl (C=O) groups excluding carboxylic acids is 1. The number of pyridine rings is 1. The molecule has 3 heterocycles. The van der Waals surface area contributed by atoms with Gasteiger partial charge < -0.3 is 10.1 Å². The zero-order chi connectivity index (χ0) is 16.5. The van der Waals surface area contributed by atoms with Gasteiger partial charge in [-0.3, -0.25) is 14.9 Å². The molecule has 1 aromatic carbocycles. The Morgan fingerprint density at radius 3 is 2.92 bits per heavy atom. The summed E-state index contributed by atoms with van der Waals surface area (Å²) in [4.78, 5) is 16.9. The first-order valence-corrected chi connectivity index (χ1v) is 7.75. The van der Waals surface area contributed by atoms with E-state index in [0.29, 0.717) is 12.3 Å². The van der Waals surface area contributed by atoms with Crippen LogP contribution in [-0.2, 0) is 6.61 Å². The standard InChI is InChI=1S/C18H16N4O2/c1-11(14-7-4-5-9-19-14)20-18(23)17-13-10-24-15-8-3-2-6-12(15)16(13)21-22-17/h2-9,11H,10H2,1H3,(H,20,23)(H,21,22)/t11-/m0/s1. The van der Waals surface area contributed by atoms with Crippen LogP contribution in [0.1, 0.15) is 34.7 Å². The van der Waals surface area contributed by atoms with Crippen LogP contribution in [0.15, 0.2) is 48.7 Å². The van der Waals surface area contributed by atoms with Crippen molar-refractivity contribution in [2.75, 3.05) is 0 Å². The van der Waals surface area contributed by atoms with Gasteiger partial charge in [0.1, 0.15) is 23.7 Å². The predicted octanol–water partition coefficient (Wildman–Crippen LogP) is 2.86. The van der Waals surface area contributed by atoms with Crippen LogP contribution in [0.5, 0.6) is 5.75 Å². The van der Waals surface area contributed by atoms with E-state index in [0.717, 1.165) is 28.3 Å². The molecule has 3 aromatic rings. The third kappa shape index (κ3) is 2.42. The molecular weight excluding hydrogens is 304 g/mol. The number of benzene rings is 1. The molecule has 1 aliphatic rings. The zero-order valence-corrected chi connectivity index (χ0v) is 13.1. The van der Waals surface area contributed by atoms with Gasteiger partial charge in [0, 0.05) is 17.3 Å². The van der Waals surface area contributed by atoms with E-state index in [1.54, 1.807) is 6.20 Å². The van der Waals surface area contributed by atoms with Crippen molar-refractivity contribution in [2.45, 2.75) is 19.6 Å². The van der Waals surface area contributed by atoms with Gasteiger partial charge in [0.15, 0.2) is 0 Å². The summed E-state index contributed by atoms with van der Waals surface area (Å²) in [6, 6.07) is 13.1. The second kappa shape index (κ2) is 5.81. The third-order valence-corrected chi connectivity index (χ3v) is 4.09. The lowest BCUT2D eigenvalue weighted by Gasteiger charge is -2.18. The van der Waals surface area contributed by atoms with Crippen molar-refractivity contribution in [3.8, 4) is 17.0 Å². The number of H-pyrrole nitrogens is 1. The quantitative estimate of drug-likeness (QED) is 0.777. The molecule has 0 bridgehead atoms. The van der Waals surface area contributed by atoms with Gasteiger partial charge in [0.25, 0.3) is 5.91 Å². The lowest BCUT2D eigenvalue weighted by Crippen LogP contribution is -2.28. The normalized spacial score (nSPS) is 13.4. The molecule has 2 aromatic heterocycles. The summed E-state index contributed by atoms with van der Waals surface area (Å²) in [6.45, 7) is 2.22. The van der Waals surface area contributed by atoms with E-state index in [1.807, 2.05) is 49.4 Å². The summed E-state index contributed by atoms with van der Waals surface area (Å²) in [6.07, 6.45) is 1.71. The van der Waals surface area contributed by atoms with Crippen molar-refractivity contribution >= 4 is 5.91 Å². The summed E-state index contributed by atoms with van der Waals surface area (Å²) in [5, 5.41) is 10.1. The molecular formula is C18H16N4O2. The molecule has 0 spiro atoms. The fourth-order valence-electron chi connectivity index (χ4n) is 2.83. The Morgan fingerprint density at radius 1 is 1.25 bits per heavy atom. The van der Waals surface area contributed by atoms with Crippen LogP contribution >= 0.6 is 0 Å². The summed E-state index contributed by atoms with van der Waals surface area (Å²) in [7, 11) is 0. The number of nitrogens with one attached hydrogen (secondary N) is 2. The van der Waals surface area contributed by atoms with E-state index in [4.69, 9.17) is 4.74 Å². The molecule has 4 rings (SSSR count). The van der Waals surface area contributed by atoms with Gasteiger partial charge in [-0.2, -0.15) is 5.10 Å². The highest BCUT2D eigenvalue weighted by Crippen LogP contribution is 2.36. The van der Waals surface area contributed by atoms with E-state index in [1.165, 1.54) is 0 Å². The first-order valence-electron chi connectivity index (χ1n) is 7.75. The van der Waals surface area contributed by atoms with Gasteiger partial charge in [-0.25, -0.2) is 0 Å². The SMILES string of the molecule is C[C@H](NC(=O)c1[nH]nc2c1COc1ccccc1-2)c1ccccn1. The lowest BCUT2D eigenvalue weighted by molar-refractivity contribution is 0.0931. The van der Waals surface area contributed by atoms with Crippen molar-refractivity contribution in [2.24, 2.45) is 0 Å². The van der Waals surface area contributed by atoms with E-state index < -0.39 is 0 Å². The van der Waals surface area contributed by atoms with E-state index in [2.05, 4.69) is 20.5 Å². The van der Waals surface area contributed by atoms with E-state index >= 15 is 0 Å². The zero-order valence-electron chi connectivity index (χ0n) is 13.1.